The summed E-state index contributed by atoms with van der Waals surface area (Å²) in [7, 11) is 0. The third-order valence-electron chi connectivity index (χ3n) is 4.88. The summed E-state index contributed by atoms with van der Waals surface area (Å²) in [5.41, 5.74) is 5.95. The van der Waals surface area contributed by atoms with Gasteiger partial charge in [0, 0.05) is 25.2 Å². The Hall–Kier alpha value is -0.120. The second-order valence-corrected chi connectivity index (χ2v) is 6.01. The van der Waals surface area contributed by atoms with E-state index in [0.29, 0.717) is 0 Å². The minimum absolute atomic E-state index is 0.168. The zero-order valence-corrected chi connectivity index (χ0v) is 10.3. The van der Waals surface area contributed by atoms with E-state index in [1.165, 1.54) is 25.7 Å². The van der Waals surface area contributed by atoms with Crippen molar-refractivity contribution in [2.24, 2.45) is 17.6 Å². The van der Waals surface area contributed by atoms with Gasteiger partial charge in [-0.15, -0.1) is 0 Å². The van der Waals surface area contributed by atoms with Gasteiger partial charge in [-0.2, -0.15) is 0 Å². The normalized spacial score (nSPS) is 46.1. The molecule has 0 amide bonds. The molecule has 3 nitrogen and oxygen atoms in total. The third-order valence-corrected chi connectivity index (χ3v) is 4.88. The maximum atomic E-state index is 5.95. The molecule has 0 spiro atoms. The summed E-state index contributed by atoms with van der Waals surface area (Å²) in [6, 6.07) is 1.02. The quantitative estimate of drug-likeness (QED) is 0.766. The third kappa shape index (κ3) is 1.89. The molecule has 2 N–H and O–H groups in total. The molecule has 2 bridgehead atoms. The van der Waals surface area contributed by atoms with Gasteiger partial charge in [0.2, 0.25) is 0 Å². The summed E-state index contributed by atoms with van der Waals surface area (Å²) < 4.78 is 5.74. The second-order valence-electron chi connectivity index (χ2n) is 6.01. The van der Waals surface area contributed by atoms with Crippen molar-refractivity contribution in [1.82, 2.24) is 4.90 Å². The Morgan fingerprint density at radius 3 is 2.81 bits per heavy atom. The number of hydrogen-bond acceptors (Lipinski definition) is 3. The first-order valence-corrected chi connectivity index (χ1v) is 6.85. The van der Waals surface area contributed by atoms with E-state index in [1.807, 2.05) is 0 Å². The average molecular weight is 224 g/mol. The highest BCUT2D eigenvalue weighted by atomic mass is 16.5. The molecular weight excluding hydrogens is 200 g/mol. The van der Waals surface area contributed by atoms with Crippen LogP contribution in [-0.2, 0) is 4.74 Å². The minimum atomic E-state index is 0.168. The van der Waals surface area contributed by atoms with Crippen molar-refractivity contribution in [2.45, 2.75) is 50.8 Å². The van der Waals surface area contributed by atoms with E-state index < -0.39 is 0 Å². The Kier molecular flexibility index (Phi) is 2.94. The molecule has 0 aromatic rings. The predicted molar refractivity (Wildman–Crippen MR) is 64.2 cm³/mol. The molecule has 1 saturated heterocycles. The molecule has 1 aliphatic heterocycles. The van der Waals surface area contributed by atoms with Crippen LogP contribution in [0.5, 0.6) is 0 Å². The number of rotatable bonds is 2. The number of morpholine rings is 1. The molecule has 16 heavy (non-hydrogen) atoms. The maximum Gasteiger partial charge on any atom is 0.0850 e. The molecule has 0 aromatic carbocycles. The standard InChI is InChI=1S/C13H24N2O/c1-9(14)13-8-15(4-5-16-13)12-7-10-2-3-11(12)6-10/h9-13H,2-8,14H2,1H3. The summed E-state index contributed by atoms with van der Waals surface area (Å²) in [6.07, 6.45) is 6.15. The first kappa shape index (κ1) is 11.0. The van der Waals surface area contributed by atoms with Crippen LogP contribution in [0.2, 0.25) is 0 Å². The van der Waals surface area contributed by atoms with Crippen LogP contribution >= 0.6 is 0 Å². The van der Waals surface area contributed by atoms with Crippen LogP contribution < -0.4 is 5.73 Å². The fraction of sp³-hybridized carbons (Fsp3) is 1.00. The molecule has 3 fully saturated rings. The first-order chi connectivity index (χ1) is 7.74. The summed E-state index contributed by atoms with van der Waals surface area (Å²) in [6.45, 7) is 5.12. The second kappa shape index (κ2) is 4.28. The molecule has 3 rings (SSSR count). The van der Waals surface area contributed by atoms with Gasteiger partial charge in [0.25, 0.3) is 0 Å². The van der Waals surface area contributed by atoms with Crippen LogP contribution in [0.4, 0.5) is 0 Å². The van der Waals surface area contributed by atoms with Gasteiger partial charge in [0.15, 0.2) is 0 Å². The molecule has 92 valence electrons. The van der Waals surface area contributed by atoms with Crippen molar-refractivity contribution < 1.29 is 4.74 Å². The van der Waals surface area contributed by atoms with Crippen LogP contribution in [0.25, 0.3) is 0 Å². The Bertz CT molecular complexity index is 256. The van der Waals surface area contributed by atoms with E-state index in [0.717, 1.165) is 37.6 Å². The van der Waals surface area contributed by atoms with Gasteiger partial charge < -0.3 is 10.5 Å². The Balaban J connectivity index is 1.62. The van der Waals surface area contributed by atoms with Crippen molar-refractivity contribution >= 4 is 0 Å². The number of ether oxygens (including phenoxy) is 1. The van der Waals surface area contributed by atoms with Crippen molar-refractivity contribution in [3.8, 4) is 0 Å². The lowest BCUT2D eigenvalue weighted by Gasteiger charge is -2.41. The molecule has 0 radical (unpaired) electrons. The highest BCUT2D eigenvalue weighted by molar-refractivity contribution is 4.96. The van der Waals surface area contributed by atoms with E-state index >= 15 is 0 Å². The monoisotopic (exact) mass is 224 g/mol. The highest BCUT2D eigenvalue weighted by Crippen LogP contribution is 2.46. The van der Waals surface area contributed by atoms with Crippen LogP contribution in [0.15, 0.2) is 0 Å². The summed E-state index contributed by atoms with van der Waals surface area (Å²) >= 11 is 0. The highest BCUT2D eigenvalue weighted by Gasteiger charge is 2.43. The van der Waals surface area contributed by atoms with Crippen LogP contribution in [0, 0.1) is 11.8 Å². The van der Waals surface area contributed by atoms with E-state index in [9.17, 15) is 0 Å². The topological polar surface area (TPSA) is 38.5 Å². The molecule has 3 heteroatoms. The van der Waals surface area contributed by atoms with Gasteiger partial charge in [-0.25, -0.2) is 0 Å². The molecule has 0 aromatic heterocycles. The SMILES string of the molecule is CC(N)C1CN(C2CC3CCC2C3)CCO1. The fourth-order valence-electron chi connectivity index (χ4n) is 3.97. The molecular formula is C13H24N2O. The van der Waals surface area contributed by atoms with Crippen LogP contribution in [-0.4, -0.2) is 42.8 Å². The number of nitrogens with zero attached hydrogens (tertiary/aromatic N) is 1. The maximum absolute atomic E-state index is 5.95. The smallest absolute Gasteiger partial charge is 0.0850 e. The number of fused-ring (bicyclic) bond motifs is 2. The van der Waals surface area contributed by atoms with Crippen molar-refractivity contribution in [2.75, 3.05) is 19.7 Å². The van der Waals surface area contributed by atoms with Crippen LogP contribution in [0.1, 0.15) is 32.6 Å². The van der Waals surface area contributed by atoms with E-state index in [4.69, 9.17) is 10.5 Å². The lowest BCUT2D eigenvalue weighted by Crippen LogP contribution is -2.53. The fourth-order valence-corrected chi connectivity index (χ4v) is 3.97. The summed E-state index contributed by atoms with van der Waals surface area (Å²) in [5.74, 6) is 2.02. The average Bonchev–Trinajstić information content (AvgIpc) is 2.91. The van der Waals surface area contributed by atoms with E-state index in [2.05, 4.69) is 11.8 Å². The number of hydrogen-bond donors (Lipinski definition) is 1. The number of nitrogens with two attached hydrogens (primary N) is 1. The van der Waals surface area contributed by atoms with Gasteiger partial charge >= 0.3 is 0 Å². The van der Waals surface area contributed by atoms with Crippen molar-refractivity contribution in [1.29, 1.82) is 0 Å². The zero-order valence-electron chi connectivity index (χ0n) is 10.3. The molecule has 3 aliphatic rings. The molecule has 1 heterocycles. The molecule has 2 aliphatic carbocycles. The minimum Gasteiger partial charge on any atom is -0.374 e. The Morgan fingerprint density at radius 2 is 2.19 bits per heavy atom. The Labute approximate surface area is 98.3 Å². The van der Waals surface area contributed by atoms with Crippen molar-refractivity contribution in [3.05, 3.63) is 0 Å². The lowest BCUT2D eigenvalue weighted by atomic mass is 9.93. The lowest BCUT2D eigenvalue weighted by molar-refractivity contribution is -0.0587. The molecule has 5 atom stereocenters. The molecule has 2 saturated carbocycles. The van der Waals surface area contributed by atoms with Crippen molar-refractivity contribution in [3.63, 3.8) is 0 Å². The Morgan fingerprint density at radius 1 is 1.31 bits per heavy atom. The van der Waals surface area contributed by atoms with Gasteiger partial charge in [-0.3, -0.25) is 4.90 Å². The first-order valence-electron chi connectivity index (χ1n) is 6.85. The van der Waals surface area contributed by atoms with Gasteiger partial charge in [0.1, 0.15) is 0 Å². The molecule has 5 unspecified atom stereocenters. The zero-order chi connectivity index (χ0) is 11.1. The van der Waals surface area contributed by atoms with E-state index in [-0.39, 0.29) is 12.1 Å². The summed E-state index contributed by atoms with van der Waals surface area (Å²) in [5, 5.41) is 0. The van der Waals surface area contributed by atoms with E-state index in [1.54, 1.807) is 0 Å². The van der Waals surface area contributed by atoms with Gasteiger partial charge in [-0.05, 0) is 38.0 Å². The predicted octanol–water partition coefficient (Wildman–Crippen LogP) is 1.22. The largest absolute Gasteiger partial charge is 0.374 e. The van der Waals surface area contributed by atoms with Gasteiger partial charge in [-0.1, -0.05) is 6.42 Å². The summed E-state index contributed by atoms with van der Waals surface area (Å²) in [4.78, 5) is 2.67. The van der Waals surface area contributed by atoms with Crippen LogP contribution in [0.3, 0.4) is 0 Å². The van der Waals surface area contributed by atoms with Gasteiger partial charge in [0.05, 0.1) is 12.7 Å².